The number of anilines is 2. The van der Waals surface area contributed by atoms with Crippen LogP contribution in [0.4, 0.5) is 86.3 Å². The molecule has 1 aromatic heterocycles. The van der Waals surface area contributed by atoms with E-state index in [2.05, 4.69) is 9.97 Å². The van der Waals surface area contributed by atoms with Crippen LogP contribution < -0.4 is 10.0 Å². The summed E-state index contributed by atoms with van der Waals surface area (Å²) < 4.78 is 256. The van der Waals surface area contributed by atoms with E-state index < -0.39 is 80.8 Å². The van der Waals surface area contributed by atoms with Crippen LogP contribution in [0.1, 0.15) is 11.4 Å². The van der Waals surface area contributed by atoms with Gasteiger partial charge in [0.25, 0.3) is 15.9 Å². The Morgan fingerprint density at radius 3 is 1.52 bits per heavy atom. The molecule has 0 fully saturated rings. The van der Waals surface area contributed by atoms with Gasteiger partial charge in [0.2, 0.25) is 5.95 Å². The van der Waals surface area contributed by atoms with Gasteiger partial charge < -0.3 is 5.32 Å². The van der Waals surface area contributed by atoms with E-state index in [0.717, 1.165) is 5.32 Å². The van der Waals surface area contributed by atoms with Crippen molar-refractivity contribution >= 4 is 27.6 Å². The highest BCUT2D eigenvalue weighted by atomic mass is 32.2. The molecule has 0 aliphatic rings. The molecule has 9 nitrogen and oxygen atoms in total. The lowest BCUT2D eigenvalue weighted by atomic mass is 10.2. The molecule has 0 spiro atoms. The number of nitrogens with zero attached hydrogens (tertiary/aromatic N) is 2. The van der Waals surface area contributed by atoms with Gasteiger partial charge in [0, 0.05) is 17.1 Å². The first kappa shape index (κ1) is 40.4. The number of nitrogens with one attached hydrogen (secondary N) is 2. The summed E-state index contributed by atoms with van der Waals surface area (Å²) in [5, 5.41) is 0.744. The third-order valence-corrected chi connectivity index (χ3v) is 6.63. The number of carbonyl (C=O) groups is 1. The molecule has 1 aromatic carbocycles. The van der Waals surface area contributed by atoms with E-state index in [1.165, 1.54) is 24.7 Å². The van der Waals surface area contributed by atoms with Crippen LogP contribution in [0.25, 0.3) is 0 Å². The lowest BCUT2D eigenvalue weighted by Gasteiger charge is -2.40. The Morgan fingerprint density at radius 2 is 1.12 bits per heavy atom. The van der Waals surface area contributed by atoms with Gasteiger partial charge in [-0.2, -0.15) is 74.6 Å². The van der Waals surface area contributed by atoms with Gasteiger partial charge in [-0.3, -0.25) is 14.3 Å². The number of rotatable bonds is 11. The monoisotopic (exact) mass is 756 g/mol. The highest BCUT2D eigenvalue weighted by Gasteiger charge is 2.85. The Hall–Kier alpha value is -3.75. The largest absolute Gasteiger partial charge is 0.462 e. The van der Waals surface area contributed by atoms with Crippen LogP contribution in [0.3, 0.4) is 0 Å². The number of hydrogen-bond acceptors (Lipinski definition) is 7. The average Bonchev–Trinajstić information content (AvgIpc) is 2.85. The summed E-state index contributed by atoms with van der Waals surface area (Å²) in [7, 11) is -4.65. The fourth-order valence-corrected chi connectivity index (χ4v) is 3.99. The van der Waals surface area contributed by atoms with Crippen molar-refractivity contribution in [2.75, 3.05) is 10.0 Å². The third kappa shape index (κ3) is 7.76. The van der Waals surface area contributed by atoms with Gasteiger partial charge in [0.05, 0.1) is 4.90 Å². The fraction of sp³-hybridized carbons (Fsp3) is 0.476. The van der Waals surface area contributed by atoms with Crippen LogP contribution in [0.5, 0.6) is 0 Å². The Balaban J connectivity index is 2.47. The molecule has 1 heterocycles. The van der Waals surface area contributed by atoms with E-state index in [1.54, 1.807) is 0 Å². The SMILES string of the molecule is Cc1cc(C)nc(NS(=O)(=O)c2ccc(NC(=O)[C@](F)(OC(F)(F)[C@](F)(OC(F)(F)C(F)(F)C(F)(F)F)C(F)(F)F)C(F)(F)F)cc2)n1. The molecule has 2 N–H and O–H groups in total. The van der Waals surface area contributed by atoms with Gasteiger partial charge in [-0.15, -0.1) is 0 Å². The average molecular weight is 756 g/mol. The number of aromatic nitrogens is 2. The van der Waals surface area contributed by atoms with Crippen molar-refractivity contribution in [3.63, 3.8) is 0 Å². The number of hydrogen-bond donors (Lipinski definition) is 2. The van der Waals surface area contributed by atoms with Crippen molar-refractivity contribution in [2.24, 2.45) is 0 Å². The number of benzene rings is 1. The van der Waals surface area contributed by atoms with E-state index in [-0.39, 0.29) is 11.4 Å². The Morgan fingerprint density at radius 1 is 0.667 bits per heavy atom. The lowest BCUT2D eigenvalue weighted by molar-refractivity contribution is -0.548. The highest BCUT2D eigenvalue weighted by molar-refractivity contribution is 7.92. The Labute approximate surface area is 254 Å². The molecule has 2 rings (SSSR count). The van der Waals surface area contributed by atoms with Crippen molar-refractivity contribution < 1.29 is 97.3 Å². The first-order valence-corrected chi connectivity index (χ1v) is 13.0. The van der Waals surface area contributed by atoms with Crippen molar-refractivity contribution in [1.29, 1.82) is 0 Å². The van der Waals surface area contributed by atoms with Gasteiger partial charge >= 0.3 is 48.4 Å². The maximum Gasteiger partial charge on any atom is 0.462 e. The van der Waals surface area contributed by atoms with E-state index in [4.69, 9.17) is 0 Å². The molecule has 48 heavy (non-hydrogen) atoms. The van der Waals surface area contributed by atoms with E-state index in [0.29, 0.717) is 24.3 Å². The second-order valence-corrected chi connectivity index (χ2v) is 10.7. The number of aryl methyl sites for hydroxylation is 2. The molecule has 0 aliphatic carbocycles. The molecule has 0 saturated carbocycles. The van der Waals surface area contributed by atoms with Crippen molar-refractivity contribution in [2.45, 2.75) is 67.1 Å². The standard InChI is InChI=1S/C21H13F17N4O5S/c1-8-7-9(2)40-13(39-8)42-48(44,45)11-5-3-10(4-6-11)41-12(43)14(22,17(26,27)28)46-21(37,38)16(25,19(32,33)34)47-20(35,36)15(23,24)18(29,30)31/h3-7H,1-2H3,(H,41,43)(H,39,40,42)/t14-,16+/m0/s1. The minimum absolute atomic E-state index is 0.269. The number of alkyl halides is 17. The fourth-order valence-electron chi connectivity index (χ4n) is 3.04. The summed E-state index contributed by atoms with van der Waals surface area (Å²) in [6.45, 7) is 2.86. The minimum atomic E-state index is -8.16. The first-order chi connectivity index (χ1) is 21.1. The topological polar surface area (TPSA) is 120 Å². The maximum absolute atomic E-state index is 14.8. The molecule has 0 radical (unpaired) electrons. The van der Waals surface area contributed by atoms with E-state index in [9.17, 15) is 87.8 Å². The smallest absolute Gasteiger partial charge is 0.321 e. The number of halogens is 17. The summed E-state index contributed by atoms with van der Waals surface area (Å²) in [5.41, 5.74) is -0.676. The lowest BCUT2D eigenvalue weighted by Crippen LogP contribution is -2.68. The molecule has 0 saturated heterocycles. The quantitative estimate of drug-likeness (QED) is 0.245. The molecule has 0 bridgehead atoms. The van der Waals surface area contributed by atoms with E-state index in [1.807, 2.05) is 9.46 Å². The zero-order valence-electron chi connectivity index (χ0n) is 22.7. The second kappa shape index (κ2) is 12.3. The van der Waals surface area contributed by atoms with Gasteiger partial charge in [0.15, 0.2) is 0 Å². The maximum atomic E-state index is 14.8. The van der Waals surface area contributed by atoms with Crippen LogP contribution in [0.15, 0.2) is 35.2 Å². The van der Waals surface area contributed by atoms with Gasteiger partial charge in [-0.05, 0) is 44.2 Å². The Kier molecular flexibility index (Phi) is 10.4. The molecule has 2 aromatic rings. The predicted octanol–water partition coefficient (Wildman–Crippen LogP) is 6.71. The third-order valence-electron chi connectivity index (χ3n) is 5.29. The van der Waals surface area contributed by atoms with Gasteiger partial charge in [0.1, 0.15) is 0 Å². The highest BCUT2D eigenvalue weighted by Crippen LogP contribution is 2.56. The molecular weight excluding hydrogens is 743 g/mol. The van der Waals surface area contributed by atoms with Gasteiger partial charge in [-0.1, -0.05) is 0 Å². The number of amides is 1. The minimum Gasteiger partial charge on any atom is -0.321 e. The van der Waals surface area contributed by atoms with Crippen molar-refractivity contribution in [3.8, 4) is 0 Å². The van der Waals surface area contributed by atoms with Gasteiger partial charge in [-0.25, -0.2) is 23.1 Å². The zero-order chi connectivity index (χ0) is 37.7. The molecule has 0 aliphatic heterocycles. The van der Waals surface area contributed by atoms with Crippen LogP contribution in [0.2, 0.25) is 0 Å². The zero-order valence-corrected chi connectivity index (χ0v) is 23.5. The summed E-state index contributed by atoms with van der Waals surface area (Å²) in [4.78, 5) is 18.7. The van der Waals surface area contributed by atoms with Crippen molar-refractivity contribution in [1.82, 2.24) is 9.97 Å². The second-order valence-electron chi connectivity index (χ2n) is 9.05. The predicted molar refractivity (Wildman–Crippen MR) is 120 cm³/mol. The normalized spacial score (nSPS) is 16.6. The number of ether oxygens (including phenoxy) is 2. The Bertz CT molecular complexity index is 1590. The molecule has 1 amide bonds. The molecule has 27 heteroatoms. The van der Waals surface area contributed by atoms with Crippen LogP contribution in [-0.2, 0) is 24.3 Å². The molecule has 272 valence electrons. The summed E-state index contributed by atoms with van der Waals surface area (Å²) in [5.74, 6) is -27.3. The number of sulfonamides is 1. The molecule has 0 unspecified atom stereocenters. The first-order valence-electron chi connectivity index (χ1n) is 11.5. The van der Waals surface area contributed by atoms with Crippen molar-refractivity contribution in [3.05, 3.63) is 41.7 Å². The van der Waals surface area contributed by atoms with Crippen LogP contribution in [0, 0.1) is 13.8 Å². The summed E-state index contributed by atoms with van der Waals surface area (Å²) in [6.07, 6.45) is -39.1. The van der Waals surface area contributed by atoms with Crippen LogP contribution in [-0.4, -0.2) is 72.7 Å². The summed E-state index contributed by atoms with van der Waals surface area (Å²) >= 11 is 0. The van der Waals surface area contributed by atoms with E-state index >= 15 is 0 Å². The number of carbonyl (C=O) groups excluding carboxylic acids is 1. The molecule has 2 atom stereocenters. The molecular formula is C21H13F17N4O5S. The van der Waals surface area contributed by atoms with Crippen LogP contribution >= 0.6 is 0 Å². The summed E-state index contributed by atoms with van der Waals surface area (Å²) in [6, 6.07) is 2.86.